The smallest absolute Gasteiger partial charge is 0.123 e. The first-order valence-electron chi connectivity index (χ1n) is 7.39. The molecule has 24 heavy (non-hydrogen) atoms. The first-order valence-corrected chi connectivity index (χ1v) is 7.39. The van der Waals surface area contributed by atoms with Gasteiger partial charge in [0.25, 0.3) is 0 Å². The van der Waals surface area contributed by atoms with E-state index in [9.17, 15) is 5.26 Å². The van der Waals surface area contributed by atoms with Gasteiger partial charge in [-0.05, 0) is 45.0 Å². The number of benzene rings is 1. The van der Waals surface area contributed by atoms with Gasteiger partial charge in [0.1, 0.15) is 11.9 Å². The average molecular weight is 320 g/mol. The van der Waals surface area contributed by atoms with E-state index in [4.69, 9.17) is 5.73 Å². The number of nitrogens with one attached hydrogen (secondary N) is 1. The van der Waals surface area contributed by atoms with E-state index in [1.807, 2.05) is 36.7 Å². The van der Waals surface area contributed by atoms with Crippen LogP contribution in [0.2, 0.25) is 0 Å². The zero-order valence-electron chi connectivity index (χ0n) is 14.0. The Bertz CT molecular complexity index is 860. The molecule has 0 radical (unpaired) electrons. The van der Waals surface area contributed by atoms with E-state index < -0.39 is 0 Å². The summed E-state index contributed by atoms with van der Waals surface area (Å²) in [6.07, 6.45) is 5.32. The van der Waals surface area contributed by atoms with Gasteiger partial charge in [0.15, 0.2) is 0 Å². The van der Waals surface area contributed by atoms with Crippen LogP contribution in [0.4, 0.5) is 5.69 Å². The Kier molecular flexibility index (Phi) is 5.17. The van der Waals surface area contributed by atoms with Crippen LogP contribution in [0.1, 0.15) is 25.1 Å². The average Bonchev–Trinajstić information content (AvgIpc) is 2.92. The molecule has 0 aliphatic carbocycles. The third-order valence-electron chi connectivity index (χ3n) is 3.14. The highest BCUT2D eigenvalue weighted by molar-refractivity contribution is 5.94. The Morgan fingerprint density at radius 1 is 1.46 bits per heavy atom. The number of rotatable bonds is 5. The molecule has 3 N–H and O–H groups in total. The summed E-state index contributed by atoms with van der Waals surface area (Å²) in [7, 11) is 0. The predicted octanol–water partition coefficient (Wildman–Crippen LogP) is 3.26. The lowest BCUT2D eigenvalue weighted by Gasteiger charge is -2.10. The number of aryl methyl sites for hydroxylation is 1. The van der Waals surface area contributed by atoms with E-state index >= 15 is 0 Å². The summed E-state index contributed by atoms with van der Waals surface area (Å²) in [5.41, 5.74) is 9.98. The third-order valence-corrected chi connectivity index (χ3v) is 3.14. The van der Waals surface area contributed by atoms with Gasteiger partial charge in [0, 0.05) is 23.3 Å². The van der Waals surface area contributed by atoms with Crippen LogP contribution in [0.25, 0.3) is 5.69 Å². The molecule has 122 valence electrons. The van der Waals surface area contributed by atoms with Crippen LogP contribution in [-0.4, -0.2) is 15.3 Å². The molecule has 0 saturated heterocycles. The van der Waals surface area contributed by atoms with Crippen molar-refractivity contribution in [2.45, 2.75) is 20.8 Å². The molecule has 2 rings (SSSR count). The number of aromatic nitrogens is 2. The number of hydrogen-bond donors (Lipinski definition) is 2. The van der Waals surface area contributed by atoms with Crippen LogP contribution in [0.5, 0.6) is 0 Å². The van der Waals surface area contributed by atoms with Gasteiger partial charge in [-0.15, -0.1) is 0 Å². The highest BCUT2D eigenvalue weighted by Gasteiger charge is 2.07. The Labute approximate surface area is 141 Å². The van der Waals surface area contributed by atoms with Crippen molar-refractivity contribution in [3.63, 3.8) is 0 Å². The van der Waals surface area contributed by atoms with Gasteiger partial charge in [-0.25, -0.2) is 9.98 Å². The van der Waals surface area contributed by atoms with Crippen molar-refractivity contribution >= 4 is 11.4 Å². The Morgan fingerprint density at radius 2 is 2.21 bits per heavy atom. The fourth-order valence-electron chi connectivity index (χ4n) is 2.25. The standard InChI is InChI=1S/C18H20N6/c1-12(20)7-13(2)22-15(4)23-17-5-6-18(16(8-17)9-19)24-10-14(3)21-11-24/h5-8,10-11,23H,4,20H2,1-3H3/b12-7-,22-13?. The molecule has 0 aliphatic rings. The number of nitrogens with two attached hydrogens (primary N) is 1. The zero-order valence-corrected chi connectivity index (χ0v) is 14.0. The van der Waals surface area contributed by atoms with Crippen LogP contribution >= 0.6 is 0 Å². The first-order chi connectivity index (χ1) is 11.4. The molecule has 0 bridgehead atoms. The normalized spacial score (nSPS) is 11.9. The number of imidazole rings is 1. The fourth-order valence-corrected chi connectivity index (χ4v) is 2.25. The van der Waals surface area contributed by atoms with E-state index in [0.29, 0.717) is 17.1 Å². The highest BCUT2D eigenvalue weighted by Crippen LogP contribution is 2.20. The minimum absolute atomic E-state index is 0.472. The maximum atomic E-state index is 9.41. The molecule has 0 aliphatic heterocycles. The molecule has 6 nitrogen and oxygen atoms in total. The van der Waals surface area contributed by atoms with Crippen molar-refractivity contribution in [1.29, 1.82) is 5.26 Å². The van der Waals surface area contributed by atoms with Gasteiger partial charge in [-0.3, -0.25) is 0 Å². The molecule has 6 heteroatoms. The van der Waals surface area contributed by atoms with Gasteiger partial charge >= 0.3 is 0 Å². The molecular weight excluding hydrogens is 300 g/mol. The zero-order chi connectivity index (χ0) is 17.7. The van der Waals surface area contributed by atoms with Gasteiger partial charge in [-0.1, -0.05) is 6.58 Å². The molecule has 0 spiro atoms. The number of hydrogen-bond acceptors (Lipinski definition) is 5. The van der Waals surface area contributed by atoms with Crippen molar-refractivity contribution in [3.05, 3.63) is 66.2 Å². The van der Waals surface area contributed by atoms with Gasteiger partial charge in [0.2, 0.25) is 0 Å². The summed E-state index contributed by atoms with van der Waals surface area (Å²) in [6.45, 7) is 9.41. The van der Waals surface area contributed by atoms with Crippen molar-refractivity contribution in [3.8, 4) is 11.8 Å². The quantitative estimate of drug-likeness (QED) is 0.827. The van der Waals surface area contributed by atoms with Crippen molar-refractivity contribution in [2.75, 3.05) is 5.32 Å². The fraction of sp³-hybridized carbons (Fsp3) is 0.167. The SMILES string of the molecule is C=C(N=C(C)/C=C(/C)N)Nc1ccc(-n2cnc(C)c2)c(C#N)c1. The summed E-state index contributed by atoms with van der Waals surface area (Å²) in [5, 5.41) is 12.5. The minimum atomic E-state index is 0.472. The van der Waals surface area contributed by atoms with Crippen LogP contribution in [0, 0.1) is 18.3 Å². The lowest BCUT2D eigenvalue weighted by atomic mass is 10.1. The molecule has 1 aromatic heterocycles. The van der Waals surface area contributed by atoms with Crippen LogP contribution in [-0.2, 0) is 0 Å². The number of nitriles is 1. The Hall–Kier alpha value is -3.33. The molecule has 0 fully saturated rings. The van der Waals surface area contributed by atoms with E-state index in [2.05, 4.69) is 27.9 Å². The molecule has 0 atom stereocenters. The topological polar surface area (TPSA) is 92.0 Å². The van der Waals surface area contributed by atoms with Crippen molar-refractivity contribution in [2.24, 2.45) is 10.7 Å². The first kappa shape index (κ1) is 17.0. The van der Waals surface area contributed by atoms with Gasteiger partial charge < -0.3 is 15.6 Å². The third kappa shape index (κ3) is 4.34. The maximum Gasteiger partial charge on any atom is 0.123 e. The second-order valence-corrected chi connectivity index (χ2v) is 5.48. The monoisotopic (exact) mass is 320 g/mol. The van der Waals surface area contributed by atoms with Gasteiger partial charge in [0.05, 0.1) is 23.3 Å². The summed E-state index contributed by atoms with van der Waals surface area (Å²) in [4.78, 5) is 8.49. The number of aliphatic imine (C=N–C) groups is 1. The molecule has 2 aromatic rings. The Balaban J connectivity index is 2.23. The second kappa shape index (κ2) is 7.29. The van der Waals surface area contributed by atoms with Crippen LogP contribution < -0.4 is 11.1 Å². The highest BCUT2D eigenvalue weighted by atomic mass is 15.0. The van der Waals surface area contributed by atoms with E-state index in [1.165, 1.54) is 0 Å². The molecule has 0 unspecified atom stereocenters. The van der Waals surface area contributed by atoms with Crippen molar-refractivity contribution < 1.29 is 0 Å². The molecule has 1 heterocycles. The summed E-state index contributed by atoms with van der Waals surface area (Å²) >= 11 is 0. The van der Waals surface area contributed by atoms with Crippen molar-refractivity contribution in [1.82, 2.24) is 9.55 Å². The lowest BCUT2D eigenvalue weighted by Crippen LogP contribution is -2.02. The summed E-state index contributed by atoms with van der Waals surface area (Å²) in [6, 6.07) is 7.68. The van der Waals surface area contributed by atoms with E-state index in [-0.39, 0.29) is 0 Å². The number of nitrogens with zero attached hydrogens (tertiary/aromatic N) is 4. The predicted molar refractivity (Wildman–Crippen MR) is 96.8 cm³/mol. The van der Waals surface area contributed by atoms with E-state index in [1.54, 1.807) is 25.4 Å². The summed E-state index contributed by atoms with van der Waals surface area (Å²) < 4.78 is 1.82. The lowest BCUT2D eigenvalue weighted by molar-refractivity contribution is 1.05. The van der Waals surface area contributed by atoms with Crippen LogP contribution in [0.15, 0.2) is 59.9 Å². The minimum Gasteiger partial charge on any atom is -0.402 e. The van der Waals surface area contributed by atoms with E-state index in [0.717, 1.165) is 22.8 Å². The maximum absolute atomic E-state index is 9.41. The number of allylic oxidation sites excluding steroid dienone is 2. The number of anilines is 1. The molecular formula is C18H20N6. The second-order valence-electron chi connectivity index (χ2n) is 5.48. The largest absolute Gasteiger partial charge is 0.402 e. The summed E-state index contributed by atoms with van der Waals surface area (Å²) in [5.74, 6) is 0.472. The Morgan fingerprint density at radius 3 is 2.79 bits per heavy atom. The molecule has 0 amide bonds. The van der Waals surface area contributed by atoms with Crippen LogP contribution in [0.3, 0.4) is 0 Å². The molecule has 0 saturated carbocycles. The molecule has 1 aromatic carbocycles. The van der Waals surface area contributed by atoms with Gasteiger partial charge in [-0.2, -0.15) is 5.26 Å².